The van der Waals surface area contributed by atoms with E-state index in [9.17, 15) is 0 Å². The molecule has 1 heterocycles. The van der Waals surface area contributed by atoms with Crippen molar-refractivity contribution < 1.29 is 0 Å². The Balaban J connectivity index is 2.29. The Kier molecular flexibility index (Phi) is 3.82. The van der Waals surface area contributed by atoms with Gasteiger partial charge in [-0.15, -0.1) is 0 Å². The summed E-state index contributed by atoms with van der Waals surface area (Å²) in [6.07, 6.45) is 1.78. The summed E-state index contributed by atoms with van der Waals surface area (Å²) in [6.45, 7) is 3.90. The van der Waals surface area contributed by atoms with Gasteiger partial charge >= 0.3 is 0 Å². The van der Waals surface area contributed by atoms with E-state index < -0.39 is 0 Å². The molecule has 0 saturated carbocycles. The maximum absolute atomic E-state index is 6.30. The summed E-state index contributed by atoms with van der Waals surface area (Å²) in [4.78, 5) is 0. The summed E-state index contributed by atoms with van der Waals surface area (Å²) in [5.74, 6) is 0. The van der Waals surface area contributed by atoms with Crippen LogP contribution in [-0.4, -0.2) is 16.3 Å². The first-order valence-electron chi connectivity index (χ1n) is 5.70. The van der Waals surface area contributed by atoms with Gasteiger partial charge < -0.3 is 5.32 Å². The van der Waals surface area contributed by atoms with Gasteiger partial charge in [-0.05, 0) is 24.2 Å². The first-order chi connectivity index (χ1) is 8.22. The van der Waals surface area contributed by atoms with Crippen LogP contribution in [0.3, 0.4) is 0 Å². The molecule has 0 radical (unpaired) electrons. The lowest BCUT2D eigenvalue weighted by Crippen LogP contribution is -2.11. The molecule has 0 amide bonds. The lowest BCUT2D eigenvalue weighted by atomic mass is 10.1. The van der Waals surface area contributed by atoms with Crippen LogP contribution in [0.4, 0.5) is 0 Å². The van der Waals surface area contributed by atoms with E-state index >= 15 is 0 Å². The lowest BCUT2D eigenvalue weighted by molar-refractivity contribution is 0.727. The summed E-state index contributed by atoms with van der Waals surface area (Å²) in [5.41, 5.74) is 3.25. The van der Waals surface area contributed by atoms with Crippen LogP contribution in [0.1, 0.15) is 12.5 Å². The number of aryl methyl sites for hydroxylation is 1. The lowest BCUT2D eigenvalue weighted by Gasteiger charge is -2.08. The van der Waals surface area contributed by atoms with Gasteiger partial charge in [0.1, 0.15) is 0 Å². The molecule has 0 unspecified atom stereocenters. The zero-order valence-corrected chi connectivity index (χ0v) is 10.8. The maximum Gasteiger partial charge on any atom is 0.0693 e. The minimum atomic E-state index is 0.768. The van der Waals surface area contributed by atoms with Crippen LogP contribution in [0.15, 0.2) is 30.5 Å². The van der Waals surface area contributed by atoms with Crippen molar-refractivity contribution in [2.45, 2.75) is 13.5 Å². The number of hydrogen-bond acceptors (Lipinski definition) is 2. The van der Waals surface area contributed by atoms with Crippen molar-refractivity contribution in [1.29, 1.82) is 0 Å². The summed E-state index contributed by atoms with van der Waals surface area (Å²) < 4.78 is 1.82. The summed E-state index contributed by atoms with van der Waals surface area (Å²) in [6, 6.07) is 8.11. The molecule has 0 bridgehead atoms. The molecule has 2 rings (SSSR count). The van der Waals surface area contributed by atoms with Crippen LogP contribution in [0.5, 0.6) is 0 Å². The Labute approximate surface area is 106 Å². The van der Waals surface area contributed by atoms with Crippen molar-refractivity contribution in [2.75, 3.05) is 6.54 Å². The third-order valence-electron chi connectivity index (χ3n) is 2.71. The monoisotopic (exact) mass is 249 g/mol. The quantitative estimate of drug-likeness (QED) is 0.903. The molecule has 4 heteroatoms. The summed E-state index contributed by atoms with van der Waals surface area (Å²) in [7, 11) is 1.91. The Morgan fingerprint density at radius 3 is 2.76 bits per heavy atom. The summed E-state index contributed by atoms with van der Waals surface area (Å²) in [5, 5.41) is 8.20. The number of benzene rings is 1. The van der Waals surface area contributed by atoms with E-state index in [0.717, 1.165) is 29.4 Å². The van der Waals surface area contributed by atoms with Gasteiger partial charge in [-0.1, -0.05) is 30.7 Å². The Morgan fingerprint density at radius 1 is 1.35 bits per heavy atom. The van der Waals surface area contributed by atoms with E-state index in [1.807, 2.05) is 29.9 Å². The highest BCUT2D eigenvalue weighted by molar-refractivity contribution is 6.33. The Morgan fingerprint density at radius 2 is 2.18 bits per heavy atom. The van der Waals surface area contributed by atoms with Gasteiger partial charge in [0.15, 0.2) is 0 Å². The van der Waals surface area contributed by atoms with Crippen molar-refractivity contribution in [1.82, 2.24) is 15.1 Å². The number of aromatic nitrogens is 2. The maximum atomic E-state index is 6.30. The fourth-order valence-electron chi connectivity index (χ4n) is 1.78. The highest BCUT2D eigenvalue weighted by atomic mass is 35.5. The average molecular weight is 250 g/mol. The minimum Gasteiger partial charge on any atom is -0.313 e. The van der Waals surface area contributed by atoms with E-state index in [2.05, 4.69) is 23.4 Å². The molecule has 0 spiro atoms. The van der Waals surface area contributed by atoms with Crippen molar-refractivity contribution in [3.05, 3.63) is 41.0 Å². The van der Waals surface area contributed by atoms with Crippen molar-refractivity contribution in [3.8, 4) is 11.3 Å². The zero-order valence-electron chi connectivity index (χ0n) is 10.1. The molecule has 1 aromatic carbocycles. The Hall–Kier alpha value is -1.32. The van der Waals surface area contributed by atoms with Crippen molar-refractivity contribution >= 4 is 11.6 Å². The van der Waals surface area contributed by atoms with Gasteiger partial charge in [-0.25, -0.2) is 0 Å². The molecule has 1 aromatic heterocycles. The second kappa shape index (κ2) is 5.34. The number of halogens is 1. The highest BCUT2D eigenvalue weighted by Gasteiger charge is 2.07. The molecule has 0 fully saturated rings. The SMILES string of the molecule is CCNCc1ccc(-c2ccnn2C)c(Cl)c1. The number of rotatable bonds is 4. The van der Waals surface area contributed by atoms with Crippen LogP contribution in [-0.2, 0) is 13.6 Å². The van der Waals surface area contributed by atoms with Crippen molar-refractivity contribution in [3.63, 3.8) is 0 Å². The molecular weight excluding hydrogens is 234 g/mol. The third kappa shape index (κ3) is 2.68. The number of nitrogens with one attached hydrogen (secondary N) is 1. The molecule has 2 aromatic rings. The van der Waals surface area contributed by atoms with Gasteiger partial charge in [0.05, 0.1) is 10.7 Å². The standard InChI is InChI=1S/C13H16ClN3/c1-3-15-9-10-4-5-11(12(14)8-10)13-6-7-16-17(13)2/h4-8,15H,3,9H2,1-2H3. The van der Waals surface area contributed by atoms with E-state index in [0.29, 0.717) is 0 Å². The summed E-state index contributed by atoms with van der Waals surface area (Å²) >= 11 is 6.30. The topological polar surface area (TPSA) is 29.9 Å². The fraction of sp³-hybridized carbons (Fsp3) is 0.308. The van der Waals surface area contributed by atoms with Gasteiger partial charge in [0.25, 0.3) is 0 Å². The largest absolute Gasteiger partial charge is 0.313 e. The van der Waals surface area contributed by atoms with Gasteiger partial charge in [-0.3, -0.25) is 4.68 Å². The van der Waals surface area contributed by atoms with Crippen LogP contribution in [0, 0.1) is 0 Å². The van der Waals surface area contributed by atoms with E-state index in [-0.39, 0.29) is 0 Å². The number of hydrogen-bond donors (Lipinski definition) is 1. The molecule has 0 atom stereocenters. The zero-order chi connectivity index (χ0) is 12.3. The van der Waals surface area contributed by atoms with Gasteiger partial charge in [0.2, 0.25) is 0 Å². The molecule has 1 N–H and O–H groups in total. The molecule has 90 valence electrons. The normalized spacial score (nSPS) is 10.8. The Bertz CT molecular complexity index is 505. The molecule has 17 heavy (non-hydrogen) atoms. The van der Waals surface area contributed by atoms with Crippen molar-refractivity contribution in [2.24, 2.45) is 7.05 Å². The van der Waals surface area contributed by atoms with E-state index in [4.69, 9.17) is 11.6 Å². The second-order valence-corrected chi connectivity index (χ2v) is 4.34. The highest BCUT2D eigenvalue weighted by Crippen LogP contribution is 2.28. The fourth-order valence-corrected chi connectivity index (χ4v) is 2.08. The predicted octanol–water partition coefficient (Wildman–Crippen LogP) is 2.85. The predicted molar refractivity (Wildman–Crippen MR) is 71.0 cm³/mol. The second-order valence-electron chi connectivity index (χ2n) is 3.93. The van der Waals surface area contributed by atoms with Crippen LogP contribution in [0.25, 0.3) is 11.3 Å². The molecule has 0 aliphatic carbocycles. The first kappa shape index (κ1) is 12.1. The third-order valence-corrected chi connectivity index (χ3v) is 3.02. The van der Waals surface area contributed by atoms with Crippen LogP contribution >= 0.6 is 11.6 Å². The smallest absolute Gasteiger partial charge is 0.0693 e. The number of nitrogens with zero attached hydrogens (tertiary/aromatic N) is 2. The van der Waals surface area contributed by atoms with Crippen LogP contribution < -0.4 is 5.32 Å². The average Bonchev–Trinajstić information content (AvgIpc) is 2.73. The molecule has 3 nitrogen and oxygen atoms in total. The van der Waals surface area contributed by atoms with E-state index in [1.54, 1.807) is 6.20 Å². The molecule has 0 saturated heterocycles. The molecule has 0 aliphatic rings. The molecule has 0 aliphatic heterocycles. The first-order valence-corrected chi connectivity index (χ1v) is 6.07. The van der Waals surface area contributed by atoms with Crippen LogP contribution in [0.2, 0.25) is 5.02 Å². The van der Waals surface area contributed by atoms with E-state index in [1.165, 1.54) is 5.56 Å². The van der Waals surface area contributed by atoms with Gasteiger partial charge in [-0.2, -0.15) is 5.10 Å². The minimum absolute atomic E-state index is 0.768. The molecular formula is C13H16ClN3. The van der Waals surface area contributed by atoms with Gasteiger partial charge in [0, 0.05) is 25.4 Å².